The molecule has 1 aliphatic heterocycles. The molecule has 0 bridgehead atoms. The second-order valence-electron chi connectivity index (χ2n) is 8.77. The zero-order valence-electron chi connectivity index (χ0n) is 17.7. The normalized spacial score (nSPS) is 19.9. The summed E-state index contributed by atoms with van der Waals surface area (Å²) in [5.41, 5.74) is 2.81. The van der Waals surface area contributed by atoms with E-state index in [1.54, 1.807) is 53.6 Å². The minimum atomic E-state index is -2.65. The number of rotatable bonds is 5. The van der Waals surface area contributed by atoms with Crippen molar-refractivity contribution in [1.29, 1.82) is 0 Å². The average molecular weight is 452 g/mol. The van der Waals surface area contributed by atoms with Crippen LogP contribution in [0.25, 0.3) is 5.69 Å². The average Bonchev–Trinajstić information content (AvgIpc) is 3.39. The van der Waals surface area contributed by atoms with Gasteiger partial charge in [0.1, 0.15) is 0 Å². The molecule has 1 unspecified atom stereocenters. The topological polar surface area (TPSA) is 88.3 Å². The first-order valence-electron chi connectivity index (χ1n) is 10.8. The van der Waals surface area contributed by atoms with E-state index in [0.29, 0.717) is 36.5 Å². The minimum absolute atomic E-state index is 0.0962. The fraction of sp³-hybridized carbons (Fsp3) is 0.333. The molecule has 3 aromatic rings. The van der Waals surface area contributed by atoms with Crippen LogP contribution in [0.15, 0.2) is 54.7 Å². The standard InChI is InChI=1S/C24H22F2N4O3/c25-24(26)8-7-18(11-24)21-14-30(28-27-21)20-6-2-4-16(10-20)22(31)29-12-19(13-29)15-3-1-5-17(9-15)23(32)33/h1-6,9-10,14,18-19H,7-8,11-13H2,(H,32,33). The Labute approximate surface area is 188 Å². The molecule has 1 N–H and O–H groups in total. The molecule has 5 rings (SSSR count). The Balaban J connectivity index is 1.26. The molecule has 1 aliphatic carbocycles. The van der Waals surface area contributed by atoms with Crippen LogP contribution in [-0.2, 0) is 0 Å². The lowest BCUT2D eigenvalue weighted by Gasteiger charge is -2.39. The third-order valence-corrected chi connectivity index (χ3v) is 6.46. The summed E-state index contributed by atoms with van der Waals surface area (Å²) in [7, 11) is 0. The van der Waals surface area contributed by atoms with Crippen molar-refractivity contribution in [1.82, 2.24) is 19.9 Å². The van der Waals surface area contributed by atoms with Gasteiger partial charge < -0.3 is 10.0 Å². The highest BCUT2D eigenvalue weighted by Gasteiger charge is 2.41. The molecule has 9 heteroatoms. The maximum atomic E-state index is 13.5. The number of aromatic nitrogens is 3. The number of carbonyl (C=O) groups excluding carboxylic acids is 1. The Kier molecular flexibility index (Phi) is 5.19. The van der Waals surface area contributed by atoms with E-state index in [9.17, 15) is 18.4 Å². The molecule has 1 amide bonds. The van der Waals surface area contributed by atoms with Crippen molar-refractivity contribution in [2.45, 2.75) is 37.0 Å². The molecule has 2 aliphatic rings. The van der Waals surface area contributed by atoms with Crippen LogP contribution in [0, 0.1) is 0 Å². The number of aromatic carboxylic acids is 1. The van der Waals surface area contributed by atoms with Crippen molar-refractivity contribution in [2.24, 2.45) is 0 Å². The Morgan fingerprint density at radius 3 is 2.52 bits per heavy atom. The van der Waals surface area contributed by atoms with Crippen LogP contribution in [0.2, 0.25) is 0 Å². The van der Waals surface area contributed by atoms with Gasteiger partial charge in [0, 0.05) is 43.3 Å². The molecule has 33 heavy (non-hydrogen) atoms. The molecule has 7 nitrogen and oxygen atoms in total. The van der Waals surface area contributed by atoms with E-state index in [-0.39, 0.29) is 36.1 Å². The van der Waals surface area contributed by atoms with Gasteiger partial charge in [0.2, 0.25) is 5.92 Å². The molecule has 2 fully saturated rings. The highest BCUT2D eigenvalue weighted by atomic mass is 19.3. The van der Waals surface area contributed by atoms with E-state index >= 15 is 0 Å². The van der Waals surface area contributed by atoms with E-state index < -0.39 is 11.9 Å². The number of carboxylic acids is 1. The van der Waals surface area contributed by atoms with Crippen molar-refractivity contribution in [2.75, 3.05) is 13.1 Å². The summed E-state index contributed by atoms with van der Waals surface area (Å²) in [4.78, 5) is 25.8. The van der Waals surface area contributed by atoms with Gasteiger partial charge in [-0.2, -0.15) is 0 Å². The van der Waals surface area contributed by atoms with Gasteiger partial charge in [-0.1, -0.05) is 23.4 Å². The molecule has 1 saturated carbocycles. The molecule has 2 heterocycles. The molecule has 1 atom stereocenters. The van der Waals surface area contributed by atoms with Crippen molar-refractivity contribution in [3.63, 3.8) is 0 Å². The van der Waals surface area contributed by atoms with Gasteiger partial charge >= 0.3 is 5.97 Å². The van der Waals surface area contributed by atoms with Gasteiger partial charge in [-0.15, -0.1) is 5.10 Å². The number of alkyl halides is 2. The van der Waals surface area contributed by atoms with Crippen LogP contribution < -0.4 is 0 Å². The van der Waals surface area contributed by atoms with E-state index in [0.717, 1.165) is 5.56 Å². The second-order valence-corrected chi connectivity index (χ2v) is 8.77. The van der Waals surface area contributed by atoms with Crippen molar-refractivity contribution in [3.05, 3.63) is 77.1 Å². The van der Waals surface area contributed by atoms with Crippen LogP contribution in [0.5, 0.6) is 0 Å². The number of amides is 1. The number of hydrogen-bond acceptors (Lipinski definition) is 4. The van der Waals surface area contributed by atoms with Crippen LogP contribution >= 0.6 is 0 Å². The molecular formula is C24H22F2N4O3. The Bertz CT molecular complexity index is 1220. The maximum absolute atomic E-state index is 13.5. The first kappa shape index (κ1) is 21.2. The highest BCUT2D eigenvalue weighted by molar-refractivity contribution is 5.95. The summed E-state index contributed by atoms with van der Waals surface area (Å²) in [6.45, 7) is 1.02. The molecule has 0 spiro atoms. The van der Waals surface area contributed by atoms with Crippen LogP contribution in [0.4, 0.5) is 8.78 Å². The molecule has 0 radical (unpaired) electrons. The fourth-order valence-corrected chi connectivity index (χ4v) is 4.54. The quantitative estimate of drug-likeness (QED) is 0.630. The number of hydrogen-bond donors (Lipinski definition) is 1. The van der Waals surface area contributed by atoms with Crippen LogP contribution in [0.3, 0.4) is 0 Å². The number of carbonyl (C=O) groups is 2. The Morgan fingerprint density at radius 2 is 1.79 bits per heavy atom. The summed E-state index contributed by atoms with van der Waals surface area (Å²) >= 11 is 0. The van der Waals surface area contributed by atoms with Gasteiger partial charge in [0.25, 0.3) is 5.91 Å². The number of benzene rings is 2. The van der Waals surface area contributed by atoms with Crippen molar-refractivity contribution in [3.8, 4) is 5.69 Å². The van der Waals surface area contributed by atoms with Gasteiger partial charge in [-0.3, -0.25) is 4.79 Å². The lowest BCUT2D eigenvalue weighted by molar-refractivity contribution is 0.00763. The monoisotopic (exact) mass is 452 g/mol. The van der Waals surface area contributed by atoms with Crippen LogP contribution in [0.1, 0.15) is 63.1 Å². The van der Waals surface area contributed by atoms with E-state index in [1.807, 2.05) is 6.07 Å². The van der Waals surface area contributed by atoms with Gasteiger partial charge in [0.15, 0.2) is 0 Å². The number of nitrogens with zero attached hydrogens (tertiary/aromatic N) is 4. The first-order valence-corrected chi connectivity index (χ1v) is 10.8. The fourth-order valence-electron chi connectivity index (χ4n) is 4.54. The summed E-state index contributed by atoms with van der Waals surface area (Å²) in [6.07, 6.45) is 1.70. The van der Waals surface area contributed by atoms with E-state index in [2.05, 4.69) is 10.3 Å². The van der Waals surface area contributed by atoms with Crippen LogP contribution in [-0.4, -0.2) is 55.9 Å². The third-order valence-electron chi connectivity index (χ3n) is 6.46. The summed E-state index contributed by atoms with van der Waals surface area (Å²) in [5, 5.41) is 17.3. The zero-order chi connectivity index (χ0) is 23.2. The van der Waals surface area contributed by atoms with E-state index in [1.165, 1.54) is 4.68 Å². The predicted octanol–water partition coefficient (Wildman–Crippen LogP) is 4.11. The van der Waals surface area contributed by atoms with Gasteiger partial charge in [0.05, 0.1) is 23.1 Å². The summed E-state index contributed by atoms with van der Waals surface area (Å²) < 4.78 is 28.6. The maximum Gasteiger partial charge on any atom is 0.335 e. The smallest absolute Gasteiger partial charge is 0.335 e. The predicted molar refractivity (Wildman–Crippen MR) is 115 cm³/mol. The molecule has 170 valence electrons. The number of halogens is 2. The lowest BCUT2D eigenvalue weighted by Crippen LogP contribution is -2.48. The van der Waals surface area contributed by atoms with Gasteiger partial charge in [-0.05, 0) is 42.3 Å². The van der Waals surface area contributed by atoms with Crippen molar-refractivity contribution < 1.29 is 23.5 Å². The summed E-state index contributed by atoms with van der Waals surface area (Å²) in [5.74, 6) is -3.96. The highest BCUT2D eigenvalue weighted by Crippen LogP contribution is 2.43. The molecule has 2 aromatic carbocycles. The first-order chi connectivity index (χ1) is 15.8. The molecule has 1 aromatic heterocycles. The lowest BCUT2D eigenvalue weighted by atomic mass is 9.90. The largest absolute Gasteiger partial charge is 0.478 e. The Hall–Kier alpha value is -3.62. The van der Waals surface area contributed by atoms with Gasteiger partial charge in [-0.25, -0.2) is 18.3 Å². The Morgan fingerprint density at radius 1 is 1.03 bits per heavy atom. The number of carboxylic acid groups (broad SMARTS) is 1. The minimum Gasteiger partial charge on any atom is -0.478 e. The third kappa shape index (κ3) is 4.22. The number of likely N-dealkylation sites (tertiary alicyclic amines) is 1. The molecular weight excluding hydrogens is 430 g/mol. The van der Waals surface area contributed by atoms with E-state index in [4.69, 9.17) is 5.11 Å². The SMILES string of the molecule is O=C(O)c1cccc(C2CN(C(=O)c3cccc(-n4cc(C5CCC(F)(F)C5)nn4)c3)C2)c1. The van der Waals surface area contributed by atoms with Crippen molar-refractivity contribution >= 4 is 11.9 Å². The zero-order valence-corrected chi connectivity index (χ0v) is 17.7. The summed E-state index contributed by atoms with van der Waals surface area (Å²) in [6, 6.07) is 13.8. The molecule has 1 saturated heterocycles. The second kappa shape index (κ2) is 8.06.